The summed E-state index contributed by atoms with van der Waals surface area (Å²) in [5.74, 6) is 0.487. The standard InChI is InChI=1S/C16H16ClN3O3S/c1-22-13-6-4-10(8-11(13)17)19-16(24)20-12-5-3-9(15(18)21)7-14(12)23-2/h3-8H,1-2H3,(H2,18,21)(H2,19,20,24). The molecule has 0 radical (unpaired) electrons. The Hall–Kier alpha value is -2.51. The molecule has 0 saturated heterocycles. The first-order chi connectivity index (χ1) is 11.4. The van der Waals surface area contributed by atoms with Crippen molar-refractivity contribution in [3.8, 4) is 11.5 Å². The predicted octanol–water partition coefficient (Wildman–Crippen LogP) is 3.27. The minimum atomic E-state index is -0.534. The van der Waals surface area contributed by atoms with E-state index in [1.807, 2.05) is 0 Å². The second-order valence-electron chi connectivity index (χ2n) is 4.71. The first-order valence-corrected chi connectivity index (χ1v) is 7.62. The number of thiocarbonyl (C=S) groups is 1. The van der Waals surface area contributed by atoms with Crippen molar-refractivity contribution in [1.29, 1.82) is 0 Å². The van der Waals surface area contributed by atoms with Crippen molar-refractivity contribution in [2.45, 2.75) is 0 Å². The number of ether oxygens (including phenoxy) is 2. The SMILES string of the molecule is COc1ccc(NC(=S)Nc2ccc(C(N)=O)cc2OC)cc1Cl. The zero-order valence-electron chi connectivity index (χ0n) is 13.1. The zero-order valence-corrected chi connectivity index (χ0v) is 14.6. The molecule has 0 saturated carbocycles. The molecular formula is C16H16ClN3O3S. The highest BCUT2D eigenvalue weighted by Crippen LogP contribution is 2.28. The highest BCUT2D eigenvalue weighted by atomic mass is 35.5. The summed E-state index contributed by atoms with van der Waals surface area (Å²) in [5, 5.41) is 6.80. The quantitative estimate of drug-likeness (QED) is 0.705. The number of hydrogen-bond donors (Lipinski definition) is 3. The lowest BCUT2D eigenvalue weighted by atomic mass is 10.2. The van der Waals surface area contributed by atoms with Gasteiger partial charge in [-0.25, -0.2) is 0 Å². The number of nitrogens with two attached hydrogens (primary N) is 1. The third-order valence-electron chi connectivity index (χ3n) is 3.14. The summed E-state index contributed by atoms with van der Waals surface area (Å²) >= 11 is 11.3. The third kappa shape index (κ3) is 4.27. The van der Waals surface area contributed by atoms with Crippen LogP contribution in [0.2, 0.25) is 5.02 Å². The Bertz CT molecular complexity index is 783. The van der Waals surface area contributed by atoms with Gasteiger partial charge in [-0.05, 0) is 48.6 Å². The lowest BCUT2D eigenvalue weighted by molar-refractivity contribution is 0.1000. The maximum Gasteiger partial charge on any atom is 0.248 e. The lowest BCUT2D eigenvalue weighted by Gasteiger charge is -2.14. The van der Waals surface area contributed by atoms with Crippen molar-refractivity contribution < 1.29 is 14.3 Å². The van der Waals surface area contributed by atoms with Crippen molar-refractivity contribution in [3.05, 3.63) is 47.0 Å². The Morgan fingerprint density at radius 3 is 2.38 bits per heavy atom. The molecule has 1 amide bonds. The molecule has 126 valence electrons. The van der Waals surface area contributed by atoms with E-state index < -0.39 is 5.91 Å². The van der Waals surface area contributed by atoms with Crippen LogP contribution in [0, 0.1) is 0 Å². The molecule has 0 bridgehead atoms. The second-order valence-corrected chi connectivity index (χ2v) is 5.52. The Labute approximate surface area is 149 Å². The molecule has 0 spiro atoms. The molecule has 8 heteroatoms. The van der Waals surface area contributed by atoms with Crippen LogP contribution in [0.4, 0.5) is 11.4 Å². The minimum Gasteiger partial charge on any atom is -0.495 e. The van der Waals surface area contributed by atoms with Gasteiger partial charge in [0.15, 0.2) is 5.11 Å². The molecule has 6 nitrogen and oxygen atoms in total. The van der Waals surface area contributed by atoms with Gasteiger partial charge in [-0.15, -0.1) is 0 Å². The molecule has 2 aromatic carbocycles. The molecule has 0 aromatic heterocycles. The first kappa shape index (κ1) is 17.8. The van der Waals surface area contributed by atoms with Crippen molar-refractivity contribution in [3.63, 3.8) is 0 Å². The maximum atomic E-state index is 11.2. The van der Waals surface area contributed by atoms with E-state index >= 15 is 0 Å². The number of halogens is 1. The van der Waals surface area contributed by atoms with E-state index in [9.17, 15) is 4.79 Å². The molecule has 0 unspecified atom stereocenters. The molecule has 0 aliphatic heterocycles. The number of benzene rings is 2. The van der Waals surface area contributed by atoms with Crippen molar-refractivity contribution in [2.75, 3.05) is 24.9 Å². The van der Waals surface area contributed by atoms with Crippen LogP contribution in [0.1, 0.15) is 10.4 Å². The van der Waals surface area contributed by atoms with Crippen molar-refractivity contribution in [2.24, 2.45) is 5.73 Å². The average Bonchev–Trinajstić information content (AvgIpc) is 2.55. The van der Waals surface area contributed by atoms with Crippen LogP contribution in [-0.2, 0) is 0 Å². The fraction of sp³-hybridized carbons (Fsp3) is 0.125. The van der Waals surface area contributed by atoms with Gasteiger partial charge in [0.25, 0.3) is 0 Å². The molecule has 2 aromatic rings. The van der Waals surface area contributed by atoms with E-state index in [1.165, 1.54) is 13.2 Å². The van der Waals surface area contributed by atoms with E-state index in [-0.39, 0.29) is 0 Å². The molecule has 0 fully saturated rings. The Kier molecular flexibility index (Phi) is 5.83. The molecular weight excluding hydrogens is 350 g/mol. The van der Waals surface area contributed by atoms with Gasteiger partial charge in [-0.2, -0.15) is 0 Å². The number of carbonyl (C=O) groups is 1. The van der Waals surface area contributed by atoms with Gasteiger partial charge in [0.05, 0.1) is 24.9 Å². The fourth-order valence-electron chi connectivity index (χ4n) is 1.98. The monoisotopic (exact) mass is 365 g/mol. The van der Waals surface area contributed by atoms with Crippen LogP contribution < -0.4 is 25.8 Å². The van der Waals surface area contributed by atoms with Crippen LogP contribution in [0.25, 0.3) is 0 Å². The maximum absolute atomic E-state index is 11.2. The summed E-state index contributed by atoms with van der Waals surface area (Å²) in [4.78, 5) is 11.2. The summed E-state index contributed by atoms with van der Waals surface area (Å²) in [7, 11) is 3.04. The first-order valence-electron chi connectivity index (χ1n) is 6.84. The topological polar surface area (TPSA) is 85.6 Å². The highest BCUT2D eigenvalue weighted by molar-refractivity contribution is 7.80. The summed E-state index contributed by atoms with van der Waals surface area (Å²) in [6, 6.07) is 9.99. The van der Waals surface area contributed by atoms with Gasteiger partial charge in [-0.1, -0.05) is 11.6 Å². The highest BCUT2D eigenvalue weighted by Gasteiger charge is 2.10. The summed E-state index contributed by atoms with van der Waals surface area (Å²) in [6.45, 7) is 0. The second kappa shape index (κ2) is 7.85. The van der Waals surface area contributed by atoms with Crippen LogP contribution in [0.15, 0.2) is 36.4 Å². The Morgan fingerprint density at radius 2 is 1.79 bits per heavy atom. The van der Waals surface area contributed by atoms with Crippen molar-refractivity contribution >= 4 is 46.2 Å². The summed E-state index contributed by atoms with van der Waals surface area (Å²) < 4.78 is 10.3. The van der Waals surface area contributed by atoms with Gasteiger partial charge < -0.3 is 25.8 Å². The number of amides is 1. The smallest absolute Gasteiger partial charge is 0.248 e. The van der Waals surface area contributed by atoms with Gasteiger partial charge in [0.2, 0.25) is 5.91 Å². The Balaban J connectivity index is 2.12. The molecule has 0 aliphatic carbocycles. The number of rotatable bonds is 5. The van der Waals surface area contributed by atoms with Gasteiger partial charge in [0.1, 0.15) is 11.5 Å². The minimum absolute atomic E-state index is 0.335. The number of anilines is 2. The van der Waals surface area contributed by atoms with Gasteiger partial charge >= 0.3 is 0 Å². The lowest BCUT2D eigenvalue weighted by Crippen LogP contribution is -2.20. The average molecular weight is 366 g/mol. The van der Waals surface area contributed by atoms with E-state index in [0.29, 0.717) is 38.6 Å². The molecule has 24 heavy (non-hydrogen) atoms. The molecule has 2 rings (SSSR count). The number of hydrogen-bond acceptors (Lipinski definition) is 4. The number of methoxy groups -OCH3 is 2. The molecule has 0 heterocycles. The van der Waals surface area contributed by atoms with E-state index in [0.717, 1.165) is 0 Å². The number of primary amides is 1. The normalized spacial score (nSPS) is 9.96. The zero-order chi connectivity index (χ0) is 17.7. The molecule has 0 atom stereocenters. The summed E-state index contributed by atoms with van der Waals surface area (Å²) in [6.07, 6.45) is 0. The van der Waals surface area contributed by atoms with Crippen LogP contribution in [-0.4, -0.2) is 25.2 Å². The van der Waals surface area contributed by atoms with E-state index in [2.05, 4.69) is 10.6 Å². The van der Waals surface area contributed by atoms with Crippen molar-refractivity contribution in [1.82, 2.24) is 0 Å². The largest absolute Gasteiger partial charge is 0.495 e. The van der Waals surface area contributed by atoms with Gasteiger partial charge in [-0.3, -0.25) is 4.79 Å². The van der Waals surface area contributed by atoms with Crippen LogP contribution in [0.3, 0.4) is 0 Å². The van der Waals surface area contributed by atoms with Crippen LogP contribution >= 0.6 is 23.8 Å². The molecule has 4 N–H and O–H groups in total. The predicted molar refractivity (Wildman–Crippen MR) is 99.4 cm³/mol. The number of nitrogens with one attached hydrogen (secondary N) is 2. The third-order valence-corrected chi connectivity index (χ3v) is 3.64. The van der Waals surface area contributed by atoms with E-state index in [4.69, 9.17) is 39.0 Å². The van der Waals surface area contributed by atoms with Gasteiger partial charge in [0, 0.05) is 11.3 Å². The van der Waals surface area contributed by atoms with E-state index in [1.54, 1.807) is 37.4 Å². The summed E-state index contributed by atoms with van der Waals surface area (Å²) in [5.41, 5.74) is 6.90. The fourth-order valence-corrected chi connectivity index (χ4v) is 2.46. The molecule has 0 aliphatic rings. The number of carbonyl (C=O) groups excluding carboxylic acids is 1. The Morgan fingerprint density at radius 1 is 1.08 bits per heavy atom. The van der Waals surface area contributed by atoms with Crippen LogP contribution in [0.5, 0.6) is 11.5 Å².